The maximum absolute atomic E-state index is 13.0. The van der Waals surface area contributed by atoms with Crippen molar-refractivity contribution < 1.29 is 9.53 Å². The van der Waals surface area contributed by atoms with Crippen molar-refractivity contribution >= 4 is 16.9 Å². The molecule has 2 aromatic carbocycles. The molecular weight excluding hydrogens is 372 g/mol. The lowest BCUT2D eigenvalue weighted by molar-refractivity contribution is -0.150. The number of aromatic amines is 1. The second-order valence-electron chi connectivity index (χ2n) is 8.81. The van der Waals surface area contributed by atoms with Gasteiger partial charge in [-0.25, -0.2) is 0 Å². The Morgan fingerprint density at radius 2 is 1.77 bits per heavy atom. The number of rotatable bonds is 4. The average Bonchev–Trinajstić information content (AvgIpc) is 3.17. The van der Waals surface area contributed by atoms with E-state index >= 15 is 0 Å². The van der Waals surface area contributed by atoms with E-state index in [-0.39, 0.29) is 18.1 Å². The van der Waals surface area contributed by atoms with Crippen molar-refractivity contribution in [3.63, 3.8) is 0 Å². The van der Waals surface area contributed by atoms with E-state index in [0.29, 0.717) is 12.3 Å². The minimum Gasteiger partial charge on any atom is -0.468 e. The first-order valence-corrected chi connectivity index (χ1v) is 11.2. The molecule has 0 saturated heterocycles. The van der Waals surface area contributed by atoms with Crippen LogP contribution in [-0.2, 0) is 22.5 Å². The molecule has 0 unspecified atom stereocenters. The highest BCUT2D eigenvalue weighted by Gasteiger charge is 2.43. The smallest absolute Gasteiger partial charge is 0.323 e. The molecule has 1 aromatic heterocycles. The first kappa shape index (κ1) is 19.4. The van der Waals surface area contributed by atoms with Gasteiger partial charge in [-0.05, 0) is 36.0 Å². The molecule has 0 amide bonds. The van der Waals surface area contributed by atoms with E-state index < -0.39 is 0 Å². The average molecular weight is 403 g/mol. The van der Waals surface area contributed by atoms with Gasteiger partial charge < -0.3 is 9.72 Å². The molecule has 0 bridgehead atoms. The van der Waals surface area contributed by atoms with E-state index in [4.69, 9.17) is 4.74 Å². The number of benzene rings is 2. The van der Waals surface area contributed by atoms with Gasteiger partial charge in [-0.1, -0.05) is 67.8 Å². The van der Waals surface area contributed by atoms with Gasteiger partial charge in [0.1, 0.15) is 6.04 Å². The van der Waals surface area contributed by atoms with Crippen LogP contribution in [0.4, 0.5) is 0 Å². The number of aromatic nitrogens is 1. The number of para-hydroxylation sites is 1. The van der Waals surface area contributed by atoms with Crippen LogP contribution in [-0.4, -0.2) is 29.0 Å². The van der Waals surface area contributed by atoms with Gasteiger partial charge >= 0.3 is 5.97 Å². The zero-order valence-corrected chi connectivity index (χ0v) is 17.6. The second-order valence-corrected chi connectivity index (χ2v) is 8.81. The number of nitrogens with one attached hydrogen (secondary N) is 1. The molecule has 30 heavy (non-hydrogen) atoms. The van der Waals surface area contributed by atoms with Gasteiger partial charge in [0.2, 0.25) is 0 Å². The summed E-state index contributed by atoms with van der Waals surface area (Å²) in [5.74, 6) is 0.435. The fourth-order valence-electron chi connectivity index (χ4n) is 5.68. The van der Waals surface area contributed by atoms with Gasteiger partial charge in [-0.3, -0.25) is 9.69 Å². The summed E-state index contributed by atoms with van der Waals surface area (Å²) in [5.41, 5.74) is 5.04. The largest absolute Gasteiger partial charge is 0.468 e. The summed E-state index contributed by atoms with van der Waals surface area (Å²) in [7, 11) is 1.52. The summed E-state index contributed by atoms with van der Waals surface area (Å²) in [6, 6.07) is 19.0. The van der Waals surface area contributed by atoms with Crippen LogP contribution in [0.5, 0.6) is 0 Å². The highest BCUT2D eigenvalue weighted by molar-refractivity contribution is 5.87. The molecule has 4 heteroatoms. The number of carbonyl (C=O) groups excluding carboxylic acids is 1. The van der Waals surface area contributed by atoms with Crippen LogP contribution in [0, 0.1) is 5.92 Å². The molecule has 1 N–H and O–H groups in total. The molecule has 1 fully saturated rings. The lowest BCUT2D eigenvalue weighted by atomic mass is 9.77. The third-order valence-electron chi connectivity index (χ3n) is 7.08. The number of ether oxygens (including phenoxy) is 1. The molecule has 2 heterocycles. The SMILES string of the molecule is COC(=O)[C@H]1Cc2c([nH]c3ccccc23)[C@H](C2CCCCC2)N1Cc1ccccc1. The fourth-order valence-corrected chi connectivity index (χ4v) is 5.68. The predicted molar refractivity (Wildman–Crippen MR) is 119 cm³/mol. The summed E-state index contributed by atoms with van der Waals surface area (Å²) in [4.78, 5) is 19.2. The molecule has 3 aromatic rings. The molecule has 1 aliphatic heterocycles. The predicted octanol–water partition coefficient (Wildman–Crippen LogP) is 5.39. The Morgan fingerprint density at radius 3 is 2.53 bits per heavy atom. The van der Waals surface area contributed by atoms with E-state index in [9.17, 15) is 4.79 Å². The van der Waals surface area contributed by atoms with Gasteiger partial charge in [0.05, 0.1) is 13.2 Å². The number of hydrogen-bond acceptors (Lipinski definition) is 3. The summed E-state index contributed by atoms with van der Waals surface area (Å²) in [6.07, 6.45) is 7.01. The second kappa shape index (κ2) is 8.27. The van der Waals surface area contributed by atoms with Gasteiger partial charge in [0, 0.05) is 29.6 Å². The standard InChI is InChI=1S/C26H30N2O2/c1-30-26(29)23-16-21-20-14-8-9-15-22(20)27-24(21)25(19-12-6-3-7-13-19)28(23)17-18-10-4-2-5-11-18/h2,4-5,8-11,14-15,19,23,25,27H,3,6-7,12-13,16-17H2,1H3/t23-,25+/m1/s1. The minimum atomic E-state index is -0.256. The van der Waals surface area contributed by atoms with Crippen molar-refractivity contribution in [1.29, 1.82) is 0 Å². The van der Waals surface area contributed by atoms with Gasteiger partial charge in [0.15, 0.2) is 0 Å². The van der Waals surface area contributed by atoms with Gasteiger partial charge in [0.25, 0.3) is 0 Å². The number of methoxy groups -OCH3 is 1. The topological polar surface area (TPSA) is 45.3 Å². The molecule has 156 valence electrons. The molecule has 1 saturated carbocycles. The fraction of sp³-hybridized carbons (Fsp3) is 0.423. The number of fused-ring (bicyclic) bond motifs is 3. The Morgan fingerprint density at radius 1 is 1.03 bits per heavy atom. The van der Waals surface area contributed by atoms with Crippen LogP contribution in [0.3, 0.4) is 0 Å². The quantitative estimate of drug-likeness (QED) is 0.595. The number of esters is 1. The molecule has 1 aliphatic carbocycles. The normalized spacial score (nSPS) is 22.7. The van der Waals surface area contributed by atoms with Crippen LogP contribution in [0.1, 0.15) is 55.0 Å². The molecule has 2 aliphatic rings. The van der Waals surface area contributed by atoms with Crippen molar-refractivity contribution in [2.24, 2.45) is 5.92 Å². The summed E-state index contributed by atoms with van der Waals surface area (Å²) in [5, 5.41) is 1.25. The van der Waals surface area contributed by atoms with Gasteiger partial charge in [-0.15, -0.1) is 0 Å². The maximum atomic E-state index is 13.0. The van der Waals surface area contributed by atoms with Crippen molar-refractivity contribution in [2.45, 2.75) is 57.2 Å². The van der Waals surface area contributed by atoms with Gasteiger partial charge in [-0.2, -0.15) is 0 Å². The van der Waals surface area contributed by atoms with Crippen LogP contribution < -0.4 is 0 Å². The van der Waals surface area contributed by atoms with Crippen LogP contribution in [0.2, 0.25) is 0 Å². The lowest BCUT2D eigenvalue weighted by Gasteiger charge is -2.45. The molecular formula is C26H30N2O2. The van der Waals surface area contributed by atoms with Crippen molar-refractivity contribution in [2.75, 3.05) is 7.11 Å². The first-order chi connectivity index (χ1) is 14.8. The molecule has 4 nitrogen and oxygen atoms in total. The van der Waals surface area contributed by atoms with E-state index in [0.717, 1.165) is 6.54 Å². The summed E-state index contributed by atoms with van der Waals surface area (Å²) in [6.45, 7) is 0.760. The Hall–Kier alpha value is -2.59. The van der Waals surface area contributed by atoms with Crippen LogP contribution in [0.15, 0.2) is 54.6 Å². The minimum absolute atomic E-state index is 0.123. The Balaban J connectivity index is 1.64. The lowest BCUT2D eigenvalue weighted by Crippen LogP contribution is -2.50. The van der Waals surface area contributed by atoms with E-state index in [1.54, 1.807) is 0 Å². The number of carbonyl (C=O) groups is 1. The molecule has 0 spiro atoms. The van der Waals surface area contributed by atoms with Crippen LogP contribution >= 0.6 is 0 Å². The Kier molecular flexibility index (Phi) is 5.34. The molecule has 5 rings (SSSR count). The van der Waals surface area contributed by atoms with Crippen molar-refractivity contribution in [3.8, 4) is 0 Å². The Labute approximate surface area is 178 Å². The van der Waals surface area contributed by atoms with Crippen molar-refractivity contribution in [1.82, 2.24) is 9.88 Å². The van der Waals surface area contributed by atoms with E-state index in [1.807, 2.05) is 6.07 Å². The molecule has 2 atom stereocenters. The van der Waals surface area contributed by atoms with E-state index in [1.165, 1.54) is 66.9 Å². The third kappa shape index (κ3) is 3.43. The van der Waals surface area contributed by atoms with Crippen molar-refractivity contribution in [3.05, 3.63) is 71.4 Å². The monoisotopic (exact) mass is 402 g/mol. The highest BCUT2D eigenvalue weighted by Crippen LogP contribution is 2.46. The highest BCUT2D eigenvalue weighted by atomic mass is 16.5. The molecule has 0 radical (unpaired) electrons. The number of H-pyrrole nitrogens is 1. The first-order valence-electron chi connectivity index (χ1n) is 11.2. The van der Waals surface area contributed by atoms with Crippen LogP contribution in [0.25, 0.3) is 10.9 Å². The summed E-state index contributed by atoms with van der Waals surface area (Å²) >= 11 is 0. The summed E-state index contributed by atoms with van der Waals surface area (Å²) < 4.78 is 5.31. The third-order valence-corrected chi connectivity index (χ3v) is 7.08. The maximum Gasteiger partial charge on any atom is 0.323 e. The number of nitrogens with zero attached hydrogens (tertiary/aromatic N) is 1. The Bertz CT molecular complexity index is 1020. The van der Waals surface area contributed by atoms with E-state index in [2.05, 4.69) is 58.4 Å². The number of hydrogen-bond donors (Lipinski definition) is 1. The zero-order valence-electron chi connectivity index (χ0n) is 17.6. The zero-order chi connectivity index (χ0) is 20.5.